The molecule has 1 aromatic rings. The maximum Gasteiger partial charge on any atom is 0.410 e. The molecule has 160 valence electrons. The second kappa shape index (κ2) is 8.90. The lowest BCUT2D eigenvalue weighted by Gasteiger charge is -2.38. The van der Waals surface area contributed by atoms with Crippen LogP contribution in [0.2, 0.25) is 0 Å². The minimum Gasteiger partial charge on any atom is -0.444 e. The summed E-state index contributed by atoms with van der Waals surface area (Å²) in [6, 6.07) is 2.17. The van der Waals surface area contributed by atoms with E-state index in [0.29, 0.717) is 31.7 Å². The lowest BCUT2D eigenvalue weighted by Crippen LogP contribution is -2.53. The average Bonchev–Trinajstić information content (AvgIpc) is 2.61. The van der Waals surface area contributed by atoms with E-state index < -0.39 is 17.5 Å². The Hall–Kier alpha value is -2.48. The Morgan fingerprint density at radius 3 is 2.24 bits per heavy atom. The number of hydrogen-bond acceptors (Lipinski definition) is 5. The summed E-state index contributed by atoms with van der Waals surface area (Å²) < 4.78 is 19.3. The Balaban J connectivity index is 2.09. The molecular weight excluding hydrogens is 377 g/mol. The van der Waals surface area contributed by atoms with Crippen LogP contribution in [0.25, 0.3) is 0 Å². The predicted octanol–water partition coefficient (Wildman–Crippen LogP) is 3.22. The molecule has 1 aliphatic heterocycles. The van der Waals surface area contributed by atoms with Crippen molar-refractivity contribution in [3.05, 3.63) is 29.1 Å². The largest absolute Gasteiger partial charge is 0.444 e. The van der Waals surface area contributed by atoms with Gasteiger partial charge in [-0.3, -0.25) is 14.5 Å². The van der Waals surface area contributed by atoms with Crippen molar-refractivity contribution >= 4 is 23.5 Å². The summed E-state index contributed by atoms with van der Waals surface area (Å²) in [5, 5.41) is 2.54. The highest BCUT2D eigenvalue weighted by molar-refractivity contribution is 6.07. The van der Waals surface area contributed by atoms with Gasteiger partial charge in [0.05, 0.1) is 11.7 Å². The fourth-order valence-corrected chi connectivity index (χ4v) is 3.19. The first-order chi connectivity index (χ1) is 13.4. The lowest BCUT2D eigenvalue weighted by molar-refractivity contribution is -0.114. The van der Waals surface area contributed by atoms with Crippen LogP contribution >= 0.6 is 0 Å². The van der Waals surface area contributed by atoms with E-state index in [9.17, 15) is 18.8 Å². The first-order valence-electron chi connectivity index (χ1n) is 9.73. The van der Waals surface area contributed by atoms with Gasteiger partial charge < -0.3 is 15.0 Å². The lowest BCUT2D eigenvalue weighted by atomic mass is 9.99. The number of ketones is 1. The van der Waals surface area contributed by atoms with Crippen LogP contribution in [0.1, 0.15) is 50.5 Å². The first kappa shape index (κ1) is 22.8. The van der Waals surface area contributed by atoms with Crippen molar-refractivity contribution in [1.29, 1.82) is 0 Å². The van der Waals surface area contributed by atoms with E-state index >= 15 is 0 Å². The Morgan fingerprint density at radius 2 is 1.72 bits per heavy atom. The van der Waals surface area contributed by atoms with E-state index in [1.165, 1.54) is 19.1 Å². The van der Waals surface area contributed by atoms with Crippen LogP contribution < -0.4 is 5.32 Å². The van der Waals surface area contributed by atoms with Crippen LogP contribution in [0.5, 0.6) is 0 Å². The summed E-state index contributed by atoms with van der Waals surface area (Å²) in [4.78, 5) is 40.3. The Morgan fingerprint density at radius 1 is 1.14 bits per heavy atom. The third-order valence-electron chi connectivity index (χ3n) is 4.77. The number of nitrogens with zero attached hydrogens (tertiary/aromatic N) is 2. The number of rotatable bonds is 4. The molecule has 0 bridgehead atoms. The predicted molar refractivity (Wildman–Crippen MR) is 109 cm³/mol. The maximum absolute atomic E-state index is 13.9. The Kier molecular flexibility index (Phi) is 7.00. The summed E-state index contributed by atoms with van der Waals surface area (Å²) in [6.45, 7) is 12.1. The number of Topliss-reactive ketones (excluding diaryl/α,β-unsaturated/α-hetero) is 1. The number of carbonyl (C=O) groups excluding carboxylic acids is 3. The molecule has 1 aromatic carbocycles. The molecule has 1 N–H and O–H groups in total. The summed E-state index contributed by atoms with van der Waals surface area (Å²) >= 11 is 0. The van der Waals surface area contributed by atoms with E-state index in [1.54, 1.807) is 18.7 Å². The minimum absolute atomic E-state index is 0.171. The highest BCUT2D eigenvalue weighted by Crippen LogP contribution is 2.24. The summed E-state index contributed by atoms with van der Waals surface area (Å²) in [7, 11) is 0. The third kappa shape index (κ3) is 6.00. The molecule has 2 amide bonds. The van der Waals surface area contributed by atoms with Gasteiger partial charge in [-0.25, -0.2) is 9.18 Å². The number of aryl methyl sites for hydroxylation is 1. The van der Waals surface area contributed by atoms with Gasteiger partial charge in [-0.15, -0.1) is 0 Å². The second-order valence-electron chi connectivity index (χ2n) is 8.37. The number of piperazine rings is 1. The van der Waals surface area contributed by atoms with Crippen molar-refractivity contribution in [2.45, 2.75) is 53.2 Å². The molecule has 1 unspecified atom stereocenters. The highest BCUT2D eigenvalue weighted by Gasteiger charge is 2.31. The van der Waals surface area contributed by atoms with Gasteiger partial charge in [0.15, 0.2) is 5.78 Å². The Bertz CT molecular complexity index is 796. The summed E-state index contributed by atoms with van der Waals surface area (Å²) in [5.41, 5.74) is 0.230. The molecule has 0 aromatic heterocycles. The molecule has 1 atom stereocenters. The number of hydrogen-bond donors (Lipinski definition) is 1. The molecule has 8 heteroatoms. The van der Waals surface area contributed by atoms with Crippen LogP contribution in [0.4, 0.5) is 14.9 Å². The van der Waals surface area contributed by atoms with Crippen molar-refractivity contribution in [3.8, 4) is 0 Å². The fourth-order valence-electron chi connectivity index (χ4n) is 3.19. The fraction of sp³-hybridized carbons (Fsp3) is 0.571. The summed E-state index contributed by atoms with van der Waals surface area (Å²) in [6.07, 6.45) is -0.363. The molecule has 1 saturated heterocycles. The van der Waals surface area contributed by atoms with Gasteiger partial charge in [0.25, 0.3) is 0 Å². The van der Waals surface area contributed by atoms with Gasteiger partial charge in [0.2, 0.25) is 5.91 Å². The van der Waals surface area contributed by atoms with Gasteiger partial charge in [0.1, 0.15) is 11.4 Å². The molecule has 0 radical (unpaired) electrons. The normalized spacial score (nSPS) is 16.3. The van der Waals surface area contributed by atoms with E-state index in [0.717, 1.165) is 0 Å². The number of carbonyl (C=O) groups is 3. The number of nitrogens with one attached hydrogen (secondary N) is 1. The first-order valence-corrected chi connectivity index (χ1v) is 9.73. The van der Waals surface area contributed by atoms with Gasteiger partial charge in [-0.1, -0.05) is 0 Å². The van der Waals surface area contributed by atoms with Crippen molar-refractivity contribution in [1.82, 2.24) is 9.80 Å². The van der Waals surface area contributed by atoms with E-state index in [-0.39, 0.29) is 29.0 Å². The molecule has 0 aliphatic carbocycles. The molecule has 1 fully saturated rings. The number of amides is 2. The van der Waals surface area contributed by atoms with E-state index in [1.807, 2.05) is 25.7 Å². The van der Waals surface area contributed by atoms with Gasteiger partial charge in [0, 0.05) is 38.7 Å². The molecule has 1 heterocycles. The van der Waals surface area contributed by atoms with Crippen LogP contribution in [0.3, 0.4) is 0 Å². The quantitative estimate of drug-likeness (QED) is 0.776. The van der Waals surface area contributed by atoms with Crippen molar-refractivity contribution in [2.75, 3.05) is 31.5 Å². The molecule has 1 aliphatic rings. The maximum atomic E-state index is 13.9. The van der Waals surface area contributed by atoms with Gasteiger partial charge in [-0.2, -0.15) is 0 Å². The smallest absolute Gasteiger partial charge is 0.410 e. The highest BCUT2D eigenvalue weighted by atomic mass is 19.1. The standard InChI is InChI=1S/C21H30FN3O4/c1-13-11-16(18(12-17(13)22)23-15(3)26)19(27)14(2)24-7-9-25(10-8-24)20(28)29-21(4,5)6/h11-12,14H,7-10H2,1-6H3,(H,23,26). The zero-order chi connectivity index (χ0) is 21.9. The van der Waals surface area contributed by atoms with Gasteiger partial charge in [-0.05, 0) is 52.3 Å². The number of benzene rings is 1. The molecule has 7 nitrogen and oxygen atoms in total. The number of ether oxygens (including phenoxy) is 1. The van der Waals surface area contributed by atoms with Crippen molar-refractivity contribution in [2.24, 2.45) is 0 Å². The molecule has 29 heavy (non-hydrogen) atoms. The van der Waals surface area contributed by atoms with Crippen LogP contribution in [0.15, 0.2) is 12.1 Å². The van der Waals surface area contributed by atoms with Gasteiger partial charge >= 0.3 is 6.09 Å². The molecule has 0 spiro atoms. The van der Waals surface area contributed by atoms with E-state index in [2.05, 4.69) is 5.32 Å². The number of halogens is 1. The van der Waals surface area contributed by atoms with E-state index in [4.69, 9.17) is 4.74 Å². The van der Waals surface area contributed by atoms with Crippen LogP contribution in [0, 0.1) is 12.7 Å². The third-order valence-corrected chi connectivity index (χ3v) is 4.77. The minimum atomic E-state index is -0.558. The Labute approximate surface area is 171 Å². The molecule has 0 saturated carbocycles. The zero-order valence-electron chi connectivity index (χ0n) is 18.0. The van der Waals surface area contributed by atoms with Crippen molar-refractivity contribution in [3.63, 3.8) is 0 Å². The van der Waals surface area contributed by atoms with Crippen molar-refractivity contribution < 1.29 is 23.5 Å². The average molecular weight is 407 g/mol. The van der Waals surface area contributed by atoms with Crippen LogP contribution in [-0.2, 0) is 9.53 Å². The topological polar surface area (TPSA) is 79.0 Å². The number of anilines is 1. The molecular formula is C21H30FN3O4. The molecule has 2 rings (SSSR count). The summed E-state index contributed by atoms with van der Waals surface area (Å²) in [5.74, 6) is -1.06. The second-order valence-corrected chi connectivity index (χ2v) is 8.37. The SMILES string of the molecule is CC(=O)Nc1cc(F)c(C)cc1C(=O)C(C)N1CCN(C(=O)OC(C)(C)C)CC1. The van der Waals surface area contributed by atoms with Crippen LogP contribution in [-0.4, -0.2) is 65.4 Å². The zero-order valence-corrected chi connectivity index (χ0v) is 18.0. The monoisotopic (exact) mass is 407 g/mol.